The highest BCUT2D eigenvalue weighted by Gasteiger charge is 2.16. The lowest BCUT2D eigenvalue weighted by Gasteiger charge is -2.20. The summed E-state index contributed by atoms with van der Waals surface area (Å²) >= 11 is 0. The van der Waals surface area contributed by atoms with Gasteiger partial charge in [-0.15, -0.1) is 0 Å². The number of Topliss-reactive ketones (excluding diaryl/α,β-unsaturated/α-hetero) is 1. The Bertz CT molecular complexity index is 938. The first-order valence-electron chi connectivity index (χ1n) is 8.89. The first kappa shape index (κ1) is 15.8. The summed E-state index contributed by atoms with van der Waals surface area (Å²) in [6, 6.07) is 16.5. The van der Waals surface area contributed by atoms with Crippen molar-refractivity contribution in [3.05, 3.63) is 59.8 Å². The highest BCUT2D eigenvalue weighted by molar-refractivity contribution is 5.96. The molecule has 0 aliphatic carbocycles. The van der Waals surface area contributed by atoms with Crippen LogP contribution in [0, 0.1) is 6.92 Å². The van der Waals surface area contributed by atoms with E-state index in [1.165, 1.54) is 23.9 Å². The molecule has 1 aromatic heterocycles. The summed E-state index contributed by atoms with van der Waals surface area (Å²) in [6.07, 6.45) is 2.53. The van der Waals surface area contributed by atoms with Gasteiger partial charge in [0.25, 0.3) is 0 Å². The maximum absolute atomic E-state index is 11.5. The fourth-order valence-corrected chi connectivity index (χ4v) is 3.64. The monoisotopic (exact) mass is 330 g/mol. The van der Waals surface area contributed by atoms with Gasteiger partial charge in [-0.3, -0.25) is 9.78 Å². The summed E-state index contributed by atoms with van der Waals surface area (Å²) in [5.41, 5.74) is 6.38. The first-order valence-corrected chi connectivity index (χ1v) is 8.89. The van der Waals surface area contributed by atoms with Crippen LogP contribution in [0.25, 0.3) is 22.0 Å². The second-order valence-electron chi connectivity index (χ2n) is 6.84. The van der Waals surface area contributed by atoms with Gasteiger partial charge in [0.15, 0.2) is 5.78 Å². The topological polar surface area (TPSA) is 33.2 Å². The minimum atomic E-state index is 0.0950. The number of benzene rings is 2. The fraction of sp³-hybridized carbons (Fsp3) is 0.273. The van der Waals surface area contributed by atoms with Crippen molar-refractivity contribution in [3.8, 4) is 11.1 Å². The van der Waals surface area contributed by atoms with Crippen LogP contribution in [-0.2, 0) is 0 Å². The Hall–Kier alpha value is -2.68. The zero-order valence-electron chi connectivity index (χ0n) is 14.7. The lowest BCUT2D eigenvalue weighted by Crippen LogP contribution is -2.18. The molecule has 25 heavy (non-hydrogen) atoms. The van der Waals surface area contributed by atoms with Gasteiger partial charge < -0.3 is 4.90 Å². The van der Waals surface area contributed by atoms with Gasteiger partial charge in [0.2, 0.25) is 0 Å². The molecule has 126 valence electrons. The molecule has 0 radical (unpaired) electrons. The lowest BCUT2D eigenvalue weighted by molar-refractivity contribution is 0.101. The van der Waals surface area contributed by atoms with E-state index < -0.39 is 0 Å². The molecule has 0 bridgehead atoms. The minimum Gasteiger partial charge on any atom is -0.371 e. The van der Waals surface area contributed by atoms with Crippen LogP contribution in [0.1, 0.15) is 35.8 Å². The number of hydrogen-bond acceptors (Lipinski definition) is 3. The maximum atomic E-state index is 11.5. The van der Waals surface area contributed by atoms with E-state index in [0.717, 1.165) is 41.0 Å². The largest absolute Gasteiger partial charge is 0.371 e. The van der Waals surface area contributed by atoms with E-state index in [0.29, 0.717) is 0 Å². The van der Waals surface area contributed by atoms with Gasteiger partial charge in [-0.2, -0.15) is 0 Å². The van der Waals surface area contributed by atoms with Gasteiger partial charge in [-0.05, 0) is 49.9 Å². The van der Waals surface area contributed by atoms with E-state index in [-0.39, 0.29) is 5.78 Å². The lowest BCUT2D eigenvalue weighted by atomic mass is 10.0. The molecule has 0 saturated carbocycles. The first-order chi connectivity index (χ1) is 12.1. The molecule has 2 aromatic carbocycles. The summed E-state index contributed by atoms with van der Waals surface area (Å²) < 4.78 is 0. The van der Waals surface area contributed by atoms with E-state index in [1.807, 2.05) is 24.3 Å². The zero-order chi connectivity index (χ0) is 17.4. The van der Waals surface area contributed by atoms with Crippen LogP contribution in [0.3, 0.4) is 0 Å². The number of pyridine rings is 1. The van der Waals surface area contributed by atoms with E-state index in [4.69, 9.17) is 4.98 Å². The molecular formula is C22H22N2O. The normalized spacial score (nSPS) is 14.2. The standard InChI is InChI=1S/C22H22N2O/c1-15-13-22(24-11-3-4-12-24)20-10-9-19(14-21(20)23-15)18-7-5-17(6-8-18)16(2)25/h5-10,13-14H,3-4,11-12H2,1-2H3. The molecule has 1 aliphatic rings. The highest BCUT2D eigenvalue weighted by Crippen LogP contribution is 2.32. The molecule has 2 heterocycles. The molecule has 0 N–H and O–H groups in total. The summed E-state index contributed by atoms with van der Waals surface area (Å²) in [5, 5.41) is 1.22. The van der Waals surface area contributed by atoms with Crippen LogP contribution < -0.4 is 4.90 Å². The number of rotatable bonds is 3. The average molecular weight is 330 g/mol. The Kier molecular flexibility index (Phi) is 4.00. The van der Waals surface area contributed by atoms with E-state index >= 15 is 0 Å². The SMILES string of the molecule is CC(=O)c1ccc(-c2ccc3c(N4CCCC4)cc(C)nc3c2)cc1. The molecule has 3 aromatic rings. The Morgan fingerprint density at radius 1 is 0.960 bits per heavy atom. The molecule has 0 unspecified atom stereocenters. The van der Waals surface area contributed by atoms with E-state index in [9.17, 15) is 4.79 Å². The van der Waals surface area contributed by atoms with Gasteiger partial charge in [0.05, 0.1) is 5.52 Å². The van der Waals surface area contributed by atoms with Crippen LogP contribution in [0.5, 0.6) is 0 Å². The van der Waals surface area contributed by atoms with Gasteiger partial charge in [0, 0.05) is 35.4 Å². The molecular weight excluding hydrogens is 308 g/mol. The zero-order valence-corrected chi connectivity index (χ0v) is 14.7. The maximum Gasteiger partial charge on any atom is 0.159 e. The van der Waals surface area contributed by atoms with Crippen LogP contribution in [0.4, 0.5) is 5.69 Å². The third-order valence-electron chi connectivity index (χ3n) is 4.99. The van der Waals surface area contributed by atoms with Crippen molar-refractivity contribution in [3.63, 3.8) is 0 Å². The molecule has 1 saturated heterocycles. The van der Waals surface area contributed by atoms with Gasteiger partial charge >= 0.3 is 0 Å². The second kappa shape index (κ2) is 6.32. The summed E-state index contributed by atoms with van der Waals surface area (Å²) in [5.74, 6) is 0.0950. The third-order valence-corrected chi connectivity index (χ3v) is 4.99. The third kappa shape index (κ3) is 3.02. The van der Waals surface area contributed by atoms with E-state index in [1.54, 1.807) is 6.92 Å². The number of carbonyl (C=O) groups excluding carboxylic acids is 1. The van der Waals surface area contributed by atoms with Gasteiger partial charge in [0.1, 0.15) is 0 Å². The van der Waals surface area contributed by atoms with Crippen LogP contribution in [0.2, 0.25) is 0 Å². The molecule has 0 atom stereocenters. The number of nitrogens with zero attached hydrogens (tertiary/aromatic N) is 2. The molecule has 4 rings (SSSR count). The summed E-state index contributed by atoms with van der Waals surface area (Å²) in [4.78, 5) is 18.7. The van der Waals surface area contributed by atoms with Crippen LogP contribution in [-0.4, -0.2) is 23.9 Å². The Labute approximate surface area is 148 Å². The van der Waals surface area contributed by atoms with Crippen molar-refractivity contribution >= 4 is 22.4 Å². The smallest absolute Gasteiger partial charge is 0.159 e. The Balaban J connectivity index is 1.78. The van der Waals surface area contributed by atoms with Crippen LogP contribution >= 0.6 is 0 Å². The van der Waals surface area contributed by atoms with E-state index in [2.05, 4.69) is 36.1 Å². The van der Waals surface area contributed by atoms with Crippen molar-refractivity contribution in [1.82, 2.24) is 4.98 Å². The van der Waals surface area contributed by atoms with Crippen molar-refractivity contribution in [2.75, 3.05) is 18.0 Å². The minimum absolute atomic E-state index is 0.0950. The number of anilines is 1. The van der Waals surface area contributed by atoms with Crippen LogP contribution in [0.15, 0.2) is 48.5 Å². The number of carbonyl (C=O) groups is 1. The molecule has 1 aliphatic heterocycles. The Morgan fingerprint density at radius 2 is 1.64 bits per heavy atom. The number of aromatic nitrogens is 1. The summed E-state index contributed by atoms with van der Waals surface area (Å²) in [7, 11) is 0. The van der Waals surface area contributed by atoms with Crippen molar-refractivity contribution in [2.24, 2.45) is 0 Å². The average Bonchev–Trinajstić information content (AvgIpc) is 3.15. The molecule has 3 heteroatoms. The van der Waals surface area contributed by atoms with Crippen molar-refractivity contribution < 1.29 is 4.79 Å². The number of aryl methyl sites for hydroxylation is 1. The molecule has 0 amide bonds. The predicted octanol–water partition coefficient (Wildman–Crippen LogP) is 5.01. The number of hydrogen-bond donors (Lipinski definition) is 0. The molecule has 1 fully saturated rings. The van der Waals surface area contributed by atoms with Gasteiger partial charge in [-0.1, -0.05) is 36.4 Å². The molecule has 0 spiro atoms. The van der Waals surface area contributed by atoms with Crippen molar-refractivity contribution in [2.45, 2.75) is 26.7 Å². The molecule has 3 nitrogen and oxygen atoms in total. The quantitative estimate of drug-likeness (QED) is 0.633. The van der Waals surface area contributed by atoms with Gasteiger partial charge in [-0.25, -0.2) is 0 Å². The number of fused-ring (bicyclic) bond motifs is 1. The Morgan fingerprint density at radius 3 is 2.32 bits per heavy atom. The second-order valence-corrected chi connectivity index (χ2v) is 6.84. The summed E-state index contributed by atoms with van der Waals surface area (Å²) in [6.45, 7) is 5.92. The number of ketones is 1. The van der Waals surface area contributed by atoms with Crippen molar-refractivity contribution in [1.29, 1.82) is 0 Å². The predicted molar refractivity (Wildman–Crippen MR) is 103 cm³/mol. The fourth-order valence-electron chi connectivity index (χ4n) is 3.64. The highest BCUT2D eigenvalue weighted by atomic mass is 16.1.